The van der Waals surface area contributed by atoms with Gasteiger partial charge in [0.15, 0.2) is 0 Å². The molecule has 3 rings (SSSR count). The summed E-state index contributed by atoms with van der Waals surface area (Å²) in [6.07, 6.45) is 1.71. The Hall–Kier alpha value is -1.91. The Labute approximate surface area is 129 Å². The highest BCUT2D eigenvalue weighted by atomic mass is 32.2. The van der Waals surface area contributed by atoms with Crippen molar-refractivity contribution in [3.63, 3.8) is 0 Å². The van der Waals surface area contributed by atoms with Crippen molar-refractivity contribution < 1.29 is 13.2 Å². The number of benzene rings is 1. The van der Waals surface area contributed by atoms with Crippen LogP contribution in [0, 0.1) is 17.2 Å². The first kappa shape index (κ1) is 15.0. The van der Waals surface area contributed by atoms with Gasteiger partial charge < -0.3 is 5.32 Å². The lowest BCUT2D eigenvalue weighted by molar-refractivity contribution is -0.116. The van der Waals surface area contributed by atoms with Gasteiger partial charge in [-0.15, -0.1) is 0 Å². The van der Waals surface area contributed by atoms with E-state index in [0.717, 1.165) is 12.8 Å². The fourth-order valence-electron chi connectivity index (χ4n) is 2.76. The number of amides is 1. The summed E-state index contributed by atoms with van der Waals surface area (Å²) in [7, 11) is -3.81. The maximum Gasteiger partial charge on any atom is 0.241 e. The van der Waals surface area contributed by atoms with Crippen molar-refractivity contribution in [3.8, 4) is 6.07 Å². The molecule has 2 atom stereocenters. The minimum absolute atomic E-state index is 0.0591. The van der Waals surface area contributed by atoms with E-state index in [4.69, 9.17) is 0 Å². The Morgan fingerprint density at radius 3 is 2.68 bits per heavy atom. The van der Waals surface area contributed by atoms with Gasteiger partial charge >= 0.3 is 0 Å². The van der Waals surface area contributed by atoms with E-state index in [1.54, 1.807) is 19.9 Å². The van der Waals surface area contributed by atoms with Crippen molar-refractivity contribution in [1.29, 1.82) is 5.26 Å². The number of hydrogen-bond acceptors (Lipinski definition) is 4. The van der Waals surface area contributed by atoms with E-state index in [1.165, 1.54) is 12.1 Å². The molecule has 22 heavy (non-hydrogen) atoms. The third kappa shape index (κ3) is 2.38. The maximum atomic E-state index is 12.6. The Morgan fingerprint density at radius 2 is 2.09 bits per heavy atom. The fourth-order valence-corrected chi connectivity index (χ4v) is 4.18. The van der Waals surface area contributed by atoms with E-state index in [1.807, 2.05) is 0 Å². The van der Waals surface area contributed by atoms with Crippen molar-refractivity contribution in [2.24, 2.45) is 5.92 Å². The molecule has 7 heteroatoms. The second-order valence-corrected chi connectivity index (χ2v) is 7.84. The second-order valence-electron chi connectivity index (χ2n) is 6.15. The van der Waals surface area contributed by atoms with Crippen LogP contribution in [0.25, 0.3) is 0 Å². The summed E-state index contributed by atoms with van der Waals surface area (Å²) in [4.78, 5) is 11.7. The molecular formula is C15H17N3O3S. The molecule has 1 saturated carbocycles. The summed E-state index contributed by atoms with van der Waals surface area (Å²) >= 11 is 0. The van der Waals surface area contributed by atoms with Gasteiger partial charge in [-0.1, -0.05) is 0 Å². The van der Waals surface area contributed by atoms with E-state index in [9.17, 15) is 18.5 Å². The molecule has 1 heterocycles. The Balaban J connectivity index is 1.94. The monoisotopic (exact) mass is 319 g/mol. The van der Waals surface area contributed by atoms with Gasteiger partial charge in [-0.3, -0.25) is 4.79 Å². The van der Waals surface area contributed by atoms with Gasteiger partial charge in [0.2, 0.25) is 15.9 Å². The van der Waals surface area contributed by atoms with Crippen molar-refractivity contribution in [3.05, 3.63) is 23.8 Å². The zero-order valence-electron chi connectivity index (χ0n) is 12.4. The van der Waals surface area contributed by atoms with Crippen LogP contribution in [0.3, 0.4) is 0 Å². The number of carbonyl (C=O) groups excluding carboxylic acids is 1. The molecule has 0 unspecified atom stereocenters. The van der Waals surface area contributed by atoms with Crippen molar-refractivity contribution in [2.75, 3.05) is 5.32 Å². The van der Waals surface area contributed by atoms with E-state index in [2.05, 4.69) is 16.1 Å². The SMILES string of the molecule is C[C@H]1C(=O)Nc2ccc(S(=O)(=O)N[C@@](C)(C#N)C3CC3)cc21. The summed E-state index contributed by atoms with van der Waals surface area (Å²) < 4.78 is 27.6. The first-order chi connectivity index (χ1) is 10.3. The molecule has 0 aromatic heterocycles. The van der Waals surface area contributed by atoms with Gasteiger partial charge in [0, 0.05) is 5.69 Å². The molecule has 0 spiro atoms. The van der Waals surface area contributed by atoms with Crippen LogP contribution in [0.15, 0.2) is 23.1 Å². The Bertz CT molecular complexity index is 793. The Kier molecular flexibility index (Phi) is 3.27. The quantitative estimate of drug-likeness (QED) is 0.882. The molecule has 0 radical (unpaired) electrons. The number of sulfonamides is 1. The van der Waals surface area contributed by atoms with Crippen LogP contribution < -0.4 is 10.0 Å². The zero-order chi connectivity index (χ0) is 16.1. The van der Waals surface area contributed by atoms with Gasteiger partial charge in [0.25, 0.3) is 0 Å². The van der Waals surface area contributed by atoms with Crippen molar-refractivity contribution in [1.82, 2.24) is 4.72 Å². The van der Waals surface area contributed by atoms with Crippen LogP contribution in [0.5, 0.6) is 0 Å². The number of nitrogens with zero attached hydrogens (tertiary/aromatic N) is 1. The smallest absolute Gasteiger partial charge is 0.241 e. The highest BCUT2D eigenvalue weighted by Crippen LogP contribution is 2.40. The summed E-state index contributed by atoms with van der Waals surface area (Å²) in [5.74, 6) is -0.461. The predicted octanol–water partition coefficient (Wildman–Crippen LogP) is 1.71. The van der Waals surface area contributed by atoms with Crippen LogP contribution in [0.1, 0.15) is 38.2 Å². The summed E-state index contributed by atoms with van der Waals surface area (Å²) in [5, 5.41) is 12.0. The first-order valence-electron chi connectivity index (χ1n) is 7.17. The van der Waals surface area contributed by atoms with Crippen LogP contribution in [0.2, 0.25) is 0 Å². The third-order valence-corrected chi connectivity index (χ3v) is 5.99. The van der Waals surface area contributed by atoms with Crippen molar-refractivity contribution in [2.45, 2.75) is 43.0 Å². The lowest BCUT2D eigenvalue weighted by atomic mass is 10.0. The van der Waals surface area contributed by atoms with Gasteiger partial charge in [-0.05, 0) is 56.4 Å². The standard InChI is InChI=1S/C15H17N3O3S/c1-9-12-7-11(5-6-13(12)17-14(9)19)22(20,21)18-15(2,8-16)10-3-4-10/h5-7,9-10,18H,3-4H2,1-2H3,(H,17,19)/t9-,15+/m1/s1. The number of anilines is 1. The zero-order valence-corrected chi connectivity index (χ0v) is 13.2. The summed E-state index contributed by atoms with van der Waals surface area (Å²) in [6, 6.07) is 6.62. The van der Waals surface area contributed by atoms with Crippen LogP contribution in [0.4, 0.5) is 5.69 Å². The molecular weight excluding hydrogens is 302 g/mol. The molecule has 6 nitrogen and oxygen atoms in total. The predicted molar refractivity (Wildman–Crippen MR) is 80.6 cm³/mol. The van der Waals surface area contributed by atoms with E-state index >= 15 is 0 Å². The average molecular weight is 319 g/mol. The van der Waals surface area contributed by atoms with Gasteiger partial charge in [-0.2, -0.15) is 9.98 Å². The lowest BCUT2D eigenvalue weighted by Gasteiger charge is -2.22. The molecule has 0 bridgehead atoms. The molecule has 1 aromatic rings. The maximum absolute atomic E-state index is 12.6. The number of fused-ring (bicyclic) bond motifs is 1. The fraction of sp³-hybridized carbons (Fsp3) is 0.467. The topological polar surface area (TPSA) is 99.1 Å². The minimum atomic E-state index is -3.81. The molecule has 0 saturated heterocycles. The lowest BCUT2D eigenvalue weighted by Crippen LogP contribution is -2.46. The molecule has 1 aliphatic carbocycles. The third-order valence-electron chi connectivity index (χ3n) is 4.42. The number of rotatable bonds is 4. The molecule has 1 aromatic carbocycles. The molecule has 1 aliphatic heterocycles. The summed E-state index contributed by atoms with van der Waals surface area (Å²) in [6.45, 7) is 3.35. The van der Waals surface area contributed by atoms with Gasteiger partial charge in [0.1, 0.15) is 5.54 Å². The number of nitrogens with one attached hydrogen (secondary N) is 2. The molecule has 1 fully saturated rings. The van der Waals surface area contributed by atoms with Gasteiger partial charge in [-0.25, -0.2) is 8.42 Å². The van der Waals surface area contributed by atoms with Crippen LogP contribution in [-0.4, -0.2) is 19.9 Å². The molecule has 116 valence electrons. The van der Waals surface area contributed by atoms with Crippen LogP contribution >= 0.6 is 0 Å². The summed E-state index contributed by atoms with van der Waals surface area (Å²) in [5.41, 5.74) is 0.219. The average Bonchev–Trinajstić information content (AvgIpc) is 3.27. The molecule has 1 amide bonds. The van der Waals surface area contributed by atoms with Crippen molar-refractivity contribution >= 4 is 21.6 Å². The normalized spacial score (nSPS) is 23.3. The van der Waals surface area contributed by atoms with E-state index in [-0.39, 0.29) is 22.6 Å². The second kappa shape index (κ2) is 4.80. The minimum Gasteiger partial charge on any atom is -0.325 e. The number of carbonyl (C=O) groups is 1. The molecule has 2 aliphatic rings. The number of nitriles is 1. The Morgan fingerprint density at radius 1 is 1.41 bits per heavy atom. The highest BCUT2D eigenvalue weighted by Gasteiger charge is 2.45. The highest BCUT2D eigenvalue weighted by molar-refractivity contribution is 7.89. The largest absolute Gasteiger partial charge is 0.325 e. The van der Waals surface area contributed by atoms with E-state index in [0.29, 0.717) is 11.3 Å². The number of hydrogen-bond donors (Lipinski definition) is 2. The first-order valence-corrected chi connectivity index (χ1v) is 8.65. The molecule has 2 N–H and O–H groups in total. The van der Waals surface area contributed by atoms with Crippen LogP contribution in [-0.2, 0) is 14.8 Å². The van der Waals surface area contributed by atoms with Gasteiger partial charge in [0.05, 0.1) is 16.9 Å². The van der Waals surface area contributed by atoms with E-state index < -0.39 is 15.6 Å².